The van der Waals surface area contributed by atoms with Gasteiger partial charge in [0.05, 0.1) is 6.04 Å². The lowest BCUT2D eigenvalue weighted by Crippen LogP contribution is -2.26. The number of nitrogens with one attached hydrogen (secondary N) is 2. The van der Waals surface area contributed by atoms with Gasteiger partial charge >= 0.3 is 0 Å². The maximum Gasteiger partial charge on any atom is 0.252 e. The van der Waals surface area contributed by atoms with Crippen molar-refractivity contribution in [3.8, 4) is 0 Å². The van der Waals surface area contributed by atoms with Crippen LogP contribution in [-0.2, 0) is 0 Å². The largest absolute Gasteiger partial charge is 0.464 e. The van der Waals surface area contributed by atoms with Crippen LogP contribution < -0.4 is 10.6 Å². The van der Waals surface area contributed by atoms with Gasteiger partial charge in [-0.15, -0.1) is 0 Å². The molecule has 0 aliphatic carbocycles. The van der Waals surface area contributed by atoms with Gasteiger partial charge in [-0.05, 0) is 45.0 Å². The third kappa shape index (κ3) is 3.38. The van der Waals surface area contributed by atoms with Crippen molar-refractivity contribution in [2.75, 3.05) is 11.9 Å². The van der Waals surface area contributed by atoms with Crippen LogP contribution >= 0.6 is 0 Å². The maximum atomic E-state index is 12.2. The lowest BCUT2D eigenvalue weighted by atomic mass is 10.2. The van der Waals surface area contributed by atoms with Crippen LogP contribution in [0.25, 0.3) is 0 Å². The van der Waals surface area contributed by atoms with E-state index in [1.54, 1.807) is 18.3 Å². The molecule has 1 unspecified atom stereocenters. The fourth-order valence-corrected chi connectivity index (χ4v) is 1.89. The lowest BCUT2D eigenvalue weighted by Gasteiger charge is -2.12. The Morgan fingerprint density at radius 2 is 2.20 bits per heavy atom. The highest BCUT2D eigenvalue weighted by molar-refractivity contribution is 5.95. The van der Waals surface area contributed by atoms with Gasteiger partial charge < -0.3 is 15.1 Å². The monoisotopic (exact) mass is 273 g/mol. The van der Waals surface area contributed by atoms with Crippen LogP contribution in [0.1, 0.15) is 41.8 Å². The van der Waals surface area contributed by atoms with Crippen LogP contribution in [0.3, 0.4) is 0 Å². The minimum atomic E-state index is -0.174. The van der Waals surface area contributed by atoms with Gasteiger partial charge in [-0.3, -0.25) is 4.79 Å². The molecule has 2 aromatic rings. The van der Waals surface area contributed by atoms with Crippen LogP contribution in [0, 0.1) is 6.92 Å². The van der Waals surface area contributed by atoms with E-state index in [1.165, 1.54) is 0 Å². The molecule has 1 atom stereocenters. The molecule has 0 radical (unpaired) electrons. The Morgan fingerprint density at radius 1 is 1.40 bits per heavy atom. The number of amides is 1. The Labute approximate surface area is 118 Å². The standard InChI is InChI=1S/C15H19N3O2/c1-4-16-14-9-12(7-8-17-14)15(19)18-11(3)13-6-5-10(2)20-13/h5-9,11H,4H2,1-3H3,(H,16,17)(H,18,19). The highest BCUT2D eigenvalue weighted by atomic mass is 16.3. The van der Waals surface area contributed by atoms with Gasteiger partial charge in [-0.25, -0.2) is 4.98 Å². The van der Waals surface area contributed by atoms with Crippen molar-refractivity contribution < 1.29 is 9.21 Å². The SMILES string of the molecule is CCNc1cc(C(=O)NC(C)c2ccc(C)o2)ccn1. The predicted molar refractivity (Wildman–Crippen MR) is 77.7 cm³/mol. The second-order valence-corrected chi connectivity index (χ2v) is 4.60. The summed E-state index contributed by atoms with van der Waals surface area (Å²) in [6.07, 6.45) is 1.62. The van der Waals surface area contributed by atoms with E-state index in [0.717, 1.165) is 18.1 Å². The zero-order valence-electron chi connectivity index (χ0n) is 11.9. The molecule has 2 aromatic heterocycles. The van der Waals surface area contributed by atoms with E-state index in [-0.39, 0.29) is 11.9 Å². The molecule has 0 aliphatic heterocycles. The second-order valence-electron chi connectivity index (χ2n) is 4.60. The zero-order valence-corrected chi connectivity index (χ0v) is 11.9. The fourth-order valence-electron chi connectivity index (χ4n) is 1.89. The van der Waals surface area contributed by atoms with Crippen LogP contribution in [0.4, 0.5) is 5.82 Å². The highest BCUT2D eigenvalue weighted by Crippen LogP contribution is 2.16. The Morgan fingerprint density at radius 3 is 2.85 bits per heavy atom. The van der Waals surface area contributed by atoms with E-state index in [9.17, 15) is 4.79 Å². The first-order valence-corrected chi connectivity index (χ1v) is 6.67. The van der Waals surface area contributed by atoms with Gasteiger partial charge in [0, 0.05) is 18.3 Å². The number of furan rings is 1. The molecule has 106 valence electrons. The number of nitrogens with zero attached hydrogens (tertiary/aromatic N) is 1. The van der Waals surface area contributed by atoms with Crippen molar-refractivity contribution in [1.82, 2.24) is 10.3 Å². The Balaban J connectivity index is 2.06. The molecule has 0 saturated carbocycles. The van der Waals surface area contributed by atoms with Crippen LogP contribution in [0.2, 0.25) is 0 Å². The third-order valence-corrected chi connectivity index (χ3v) is 2.92. The lowest BCUT2D eigenvalue weighted by molar-refractivity contribution is 0.0935. The summed E-state index contributed by atoms with van der Waals surface area (Å²) in [5.74, 6) is 2.13. The summed E-state index contributed by atoms with van der Waals surface area (Å²) in [6, 6.07) is 7.01. The van der Waals surface area contributed by atoms with Crippen molar-refractivity contribution in [2.24, 2.45) is 0 Å². The normalized spacial score (nSPS) is 11.9. The first kappa shape index (κ1) is 14.1. The predicted octanol–water partition coefficient (Wildman–Crippen LogP) is 2.91. The number of rotatable bonds is 5. The van der Waals surface area contributed by atoms with E-state index in [2.05, 4.69) is 15.6 Å². The average Bonchev–Trinajstić information content (AvgIpc) is 2.86. The number of hydrogen-bond donors (Lipinski definition) is 2. The molecule has 5 heteroatoms. The van der Waals surface area contributed by atoms with Gasteiger partial charge in [0.15, 0.2) is 0 Å². The van der Waals surface area contributed by atoms with Crippen LogP contribution in [-0.4, -0.2) is 17.4 Å². The smallest absolute Gasteiger partial charge is 0.252 e. The quantitative estimate of drug-likeness (QED) is 0.879. The molecule has 2 heterocycles. The number of aryl methyl sites for hydroxylation is 1. The first-order valence-electron chi connectivity index (χ1n) is 6.67. The zero-order chi connectivity index (χ0) is 14.5. The minimum Gasteiger partial charge on any atom is -0.464 e. The first-order chi connectivity index (χ1) is 9.60. The molecule has 0 spiro atoms. The van der Waals surface area contributed by atoms with Crippen molar-refractivity contribution in [2.45, 2.75) is 26.8 Å². The van der Waals surface area contributed by atoms with Gasteiger partial charge in [0.2, 0.25) is 0 Å². The summed E-state index contributed by atoms with van der Waals surface area (Å²) in [5, 5.41) is 5.99. The van der Waals surface area contributed by atoms with E-state index >= 15 is 0 Å². The summed E-state index contributed by atoms with van der Waals surface area (Å²) in [4.78, 5) is 16.3. The Hall–Kier alpha value is -2.30. The molecule has 5 nitrogen and oxygen atoms in total. The Bertz CT molecular complexity index is 592. The summed E-state index contributed by atoms with van der Waals surface area (Å²) in [5.41, 5.74) is 0.575. The molecular formula is C15H19N3O2. The molecule has 2 rings (SSSR count). The summed E-state index contributed by atoms with van der Waals surface area (Å²) < 4.78 is 5.50. The van der Waals surface area contributed by atoms with Gasteiger partial charge in [0.1, 0.15) is 17.3 Å². The molecular weight excluding hydrogens is 254 g/mol. The van der Waals surface area contributed by atoms with E-state index in [0.29, 0.717) is 11.4 Å². The van der Waals surface area contributed by atoms with Gasteiger partial charge in [-0.1, -0.05) is 0 Å². The van der Waals surface area contributed by atoms with Gasteiger partial charge in [0.25, 0.3) is 5.91 Å². The molecule has 0 fully saturated rings. The summed E-state index contributed by atoms with van der Waals surface area (Å²) >= 11 is 0. The van der Waals surface area contributed by atoms with Crippen LogP contribution in [0.15, 0.2) is 34.9 Å². The third-order valence-electron chi connectivity index (χ3n) is 2.92. The average molecular weight is 273 g/mol. The van der Waals surface area contributed by atoms with E-state index < -0.39 is 0 Å². The number of hydrogen-bond acceptors (Lipinski definition) is 4. The molecule has 20 heavy (non-hydrogen) atoms. The molecule has 0 aliphatic rings. The number of aromatic nitrogens is 1. The van der Waals surface area contributed by atoms with Crippen molar-refractivity contribution in [3.63, 3.8) is 0 Å². The molecule has 1 amide bonds. The topological polar surface area (TPSA) is 67.2 Å². The maximum absolute atomic E-state index is 12.2. The van der Waals surface area contributed by atoms with Gasteiger partial charge in [-0.2, -0.15) is 0 Å². The highest BCUT2D eigenvalue weighted by Gasteiger charge is 2.14. The molecule has 0 saturated heterocycles. The molecule has 0 bridgehead atoms. The number of carbonyl (C=O) groups is 1. The van der Waals surface area contributed by atoms with Crippen molar-refractivity contribution >= 4 is 11.7 Å². The van der Waals surface area contributed by atoms with E-state index in [4.69, 9.17) is 4.42 Å². The summed E-state index contributed by atoms with van der Waals surface area (Å²) in [7, 11) is 0. The number of pyridine rings is 1. The number of carbonyl (C=O) groups excluding carboxylic acids is 1. The van der Waals surface area contributed by atoms with E-state index in [1.807, 2.05) is 32.9 Å². The summed E-state index contributed by atoms with van der Waals surface area (Å²) in [6.45, 7) is 6.52. The fraction of sp³-hybridized carbons (Fsp3) is 0.333. The second kappa shape index (κ2) is 6.23. The van der Waals surface area contributed by atoms with Crippen molar-refractivity contribution in [3.05, 3.63) is 47.5 Å². The minimum absolute atomic E-state index is 0.145. The Kier molecular flexibility index (Phi) is 4.40. The van der Waals surface area contributed by atoms with Crippen LogP contribution in [0.5, 0.6) is 0 Å². The number of anilines is 1. The molecule has 0 aromatic carbocycles. The van der Waals surface area contributed by atoms with Crippen molar-refractivity contribution in [1.29, 1.82) is 0 Å². The molecule has 2 N–H and O–H groups in total.